The maximum atomic E-state index is 11.8. The maximum Gasteiger partial charge on any atom is 0.317 e. The smallest absolute Gasteiger partial charge is 0.317 e. The molecule has 1 heterocycles. The number of nitrogens with one attached hydrogen (secondary N) is 1. The number of amides is 2. The van der Waals surface area contributed by atoms with E-state index >= 15 is 0 Å². The Kier molecular flexibility index (Phi) is 4.78. The Hall–Kier alpha value is -1.26. The fourth-order valence-corrected chi connectivity index (χ4v) is 2.32. The third-order valence-electron chi connectivity index (χ3n) is 3.84. The zero-order chi connectivity index (χ0) is 12.9. The highest BCUT2D eigenvalue weighted by molar-refractivity contribution is 5.75. The van der Waals surface area contributed by atoms with Gasteiger partial charge in [0.05, 0.1) is 6.42 Å². The van der Waals surface area contributed by atoms with Gasteiger partial charge in [0, 0.05) is 19.6 Å². The van der Waals surface area contributed by atoms with E-state index in [1.165, 1.54) is 0 Å². The zero-order valence-electron chi connectivity index (χ0n) is 10.7. The Morgan fingerprint density at radius 3 is 2.47 bits per heavy atom. The number of hydrogen-bond donors (Lipinski definition) is 2. The summed E-state index contributed by atoms with van der Waals surface area (Å²) in [6.45, 7) is 6.10. The molecule has 0 aliphatic carbocycles. The van der Waals surface area contributed by atoms with Crippen molar-refractivity contribution in [3.63, 3.8) is 0 Å². The van der Waals surface area contributed by atoms with E-state index in [4.69, 9.17) is 5.11 Å². The molecular formula is C12H22N2O3. The van der Waals surface area contributed by atoms with Crippen LogP contribution in [-0.4, -0.2) is 41.6 Å². The molecule has 1 aliphatic heterocycles. The molecule has 1 aliphatic rings. The molecule has 5 heteroatoms. The van der Waals surface area contributed by atoms with Gasteiger partial charge >= 0.3 is 12.0 Å². The molecule has 0 radical (unpaired) electrons. The molecule has 2 amide bonds. The minimum atomic E-state index is -0.886. The number of urea groups is 1. The largest absolute Gasteiger partial charge is 0.481 e. The predicted molar refractivity (Wildman–Crippen MR) is 64.9 cm³/mol. The number of rotatable bonds is 5. The first-order valence-corrected chi connectivity index (χ1v) is 6.27. The third-order valence-corrected chi connectivity index (χ3v) is 3.84. The minimum absolute atomic E-state index is 0.0215. The number of carboxylic acids is 1. The van der Waals surface area contributed by atoms with Crippen LogP contribution in [0.5, 0.6) is 0 Å². The molecule has 0 bridgehead atoms. The summed E-state index contributed by atoms with van der Waals surface area (Å²) in [5.41, 5.74) is 0.268. The molecule has 0 atom stereocenters. The third kappa shape index (κ3) is 3.61. The Labute approximate surface area is 102 Å². The highest BCUT2D eigenvalue weighted by atomic mass is 16.4. The molecule has 17 heavy (non-hydrogen) atoms. The second kappa shape index (κ2) is 5.89. The molecule has 0 spiro atoms. The monoisotopic (exact) mass is 242 g/mol. The lowest BCUT2D eigenvalue weighted by Gasteiger charge is -2.26. The van der Waals surface area contributed by atoms with Gasteiger partial charge in [-0.15, -0.1) is 0 Å². The van der Waals surface area contributed by atoms with Crippen molar-refractivity contribution in [2.45, 2.75) is 39.5 Å². The SMILES string of the molecule is CCC1(CC)CCN(C(=O)NCCC(=O)O)C1. The van der Waals surface area contributed by atoms with Crippen LogP contribution in [-0.2, 0) is 4.79 Å². The quantitative estimate of drug-likeness (QED) is 0.770. The number of likely N-dealkylation sites (tertiary alicyclic amines) is 1. The molecular weight excluding hydrogens is 220 g/mol. The molecule has 0 saturated carbocycles. The van der Waals surface area contributed by atoms with Crippen molar-refractivity contribution in [2.75, 3.05) is 19.6 Å². The van der Waals surface area contributed by atoms with E-state index in [9.17, 15) is 9.59 Å². The second-order valence-corrected chi connectivity index (χ2v) is 4.75. The van der Waals surface area contributed by atoms with Crippen molar-refractivity contribution in [3.05, 3.63) is 0 Å². The van der Waals surface area contributed by atoms with Gasteiger partial charge in [-0.25, -0.2) is 4.79 Å². The maximum absolute atomic E-state index is 11.8. The van der Waals surface area contributed by atoms with Gasteiger partial charge in [0.1, 0.15) is 0 Å². The Morgan fingerprint density at radius 1 is 1.35 bits per heavy atom. The van der Waals surface area contributed by atoms with E-state index in [-0.39, 0.29) is 24.4 Å². The van der Waals surface area contributed by atoms with Gasteiger partial charge in [0.2, 0.25) is 0 Å². The summed E-state index contributed by atoms with van der Waals surface area (Å²) < 4.78 is 0. The fourth-order valence-electron chi connectivity index (χ4n) is 2.32. The Morgan fingerprint density at radius 2 is 2.00 bits per heavy atom. The van der Waals surface area contributed by atoms with Crippen molar-refractivity contribution in [3.8, 4) is 0 Å². The van der Waals surface area contributed by atoms with Gasteiger partial charge in [-0.05, 0) is 24.7 Å². The molecule has 98 valence electrons. The highest BCUT2D eigenvalue weighted by Gasteiger charge is 2.36. The van der Waals surface area contributed by atoms with Crippen molar-refractivity contribution >= 4 is 12.0 Å². The summed E-state index contributed by atoms with van der Waals surface area (Å²) in [5, 5.41) is 11.1. The van der Waals surface area contributed by atoms with E-state index in [1.807, 2.05) is 0 Å². The van der Waals surface area contributed by atoms with Gasteiger partial charge in [0.15, 0.2) is 0 Å². The standard InChI is InChI=1S/C12H22N2O3/c1-3-12(4-2)6-8-14(9-12)11(17)13-7-5-10(15)16/h3-9H2,1-2H3,(H,13,17)(H,15,16). The summed E-state index contributed by atoms with van der Waals surface area (Å²) in [6, 6.07) is -0.130. The van der Waals surface area contributed by atoms with E-state index < -0.39 is 5.97 Å². The Balaban J connectivity index is 2.37. The van der Waals surface area contributed by atoms with Crippen LogP contribution in [0.3, 0.4) is 0 Å². The Bertz CT molecular complexity index is 287. The first-order valence-electron chi connectivity index (χ1n) is 6.27. The van der Waals surface area contributed by atoms with E-state index in [1.54, 1.807) is 4.90 Å². The lowest BCUT2D eigenvalue weighted by Crippen LogP contribution is -2.40. The zero-order valence-corrected chi connectivity index (χ0v) is 10.7. The molecule has 1 saturated heterocycles. The lowest BCUT2D eigenvalue weighted by molar-refractivity contribution is -0.136. The van der Waals surface area contributed by atoms with Crippen LogP contribution >= 0.6 is 0 Å². The summed E-state index contributed by atoms with van der Waals surface area (Å²) in [5.74, 6) is -0.886. The summed E-state index contributed by atoms with van der Waals surface area (Å²) in [4.78, 5) is 23.9. The highest BCUT2D eigenvalue weighted by Crippen LogP contribution is 2.36. The fraction of sp³-hybridized carbons (Fsp3) is 0.833. The minimum Gasteiger partial charge on any atom is -0.481 e. The number of carboxylic acid groups (broad SMARTS) is 1. The molecule has 0 aromatic carbocycles. The van der Waals surface area contributed by atoms with Crippen LogP contribution in [0.1, 0.15) is 39.5 Å². The summed E-state index contributed by atoms with van der Waals surface area (Å²) in [7, 11) is 0. The van der Waals surface area contributed by atoms with Crippen molar-refractivity contribution in [1.29, 1.82) is 0 Å². The number of hydrogen-bond acceptors (Lipinski definition) is 2. The number of nitrogens with zero attached hydrogens (tertiary/aromatic N) is 1. The summed E-state index contributed by atoms with van der Waals surface area (Å²) in [6.07, 6.45) is 3.20. The molecule has 2 N–H and O–H groups in total. The van der Waals surface area contributed by atoms with Gasteiger partial charge in [-0.1, -0.05) is 13.8 Å². The van der Waals surface area contributed by atoms with Crippen molar-refractivity contribution in [1.82, 2.24) is 10.2 Å². The van der Waals surface area contributed by atoms with E-state index in [0.717, 1.165) is 32.4 Å². The molecule has 0 aromatic rings. The van der Waals surface area contributed by atoms with Gasteiger partial charge < -0.3 is 15.3 Å². The van der Waals surface area contributed by atoms with E-state index in [2.05, 4.69) is 19.2 Å². The van der Waals surface area contributed by atoms with Crippen LogP contribution in [0.2, 0.25) is 0 Å². The first kappa shape index (κ1) is 13.8. The first-order chi connectivity index (χ1) is 8.03. The summed E-state index contributed by atoms with van der Waals surface area (Å²) >= 11 is 0. The van der Waals surface area contributed by atoms with Crippen LogP contribution in [0.25, 0.3) is 0 Å². The molecule has 0 aromatic heterocycles. The normalized spacial score (nSPS) is 18.1. The topological polar surface area (TPSA) is 69.6 Å². The second-order valence-electron chi connectivity index (χ2n) is 4.75. The van der Waals surface area contributed by atoms with E-state index in [0.29, 0.717) is 0 Å². The predicted octanol–water partition coefficient (Wildman–Crippen LogP) is 1.68. The van der Waals surface area contributed by atoms with Gasteiger partial charge in [-0.3, -0.25) is 4.79 Å². The number of aliphatic carboxylic acids is 1. The van der Waals surface area contributed by atoms with Gasteiger partial charge in [0.25, 0.3) is 0 Å². The molecule has 1 rings (SSSR count). The molecule has 0 unspecified atom stereocenters. The molecule has 5 nitrogen and oxygen atoms in total. The average molecular weight is 242 g/mol. The van der Waals surface area contributed by atoms with Gasteiger partial charge in [-0.2, -0.15) is 0 Å². The molecule has 1 fully saturated rings. The van der Waals surface area contributed by atoms with Crippen LogP contribution in [0, 0.1) is 5.41 Å². The number of carbonyl (C=O) groups excluding carboxylic acids is 1. The number of carbonyl (C=O) groups is 2. The van der Waals surface area contributed by atoms with Crippen LogP contribution in [0.4, 0.5) is 4.79 Å². The van der Waals surface area contributed by atoms with Crippen LogP contribution in [0.15, 0.2) is 0 Å². The van der Waals surface area contributed by atoms with Crippen LogP contribution < -0.4 is 5.32 Å². The van der Waals surface area contributed by atoms with Crippen molar-refractivity contribution < 1.29 is 14.7 Å². The average Bonchev–Trinajstić information content (AvgIpc) is 2.73. The van der Waals surface area contributed by atoms with Crippen molar-refractivity contribution in [2.24, 2.45) is 5.41 Å². The lowest BCUT2D eigenvalue weighted by atomic mass is 9.82.